The summed E-state index contributed by atoms with van der Waals surface area (Å²) in [6, 6.07) is 21.1. The number of hydrogen-bond donors (Lipinski definition) is 1. The minimum Gasteiger partial charge on any atom is -0.504 e. The van der Waals surface area contributed by atoms with E-state index in [1.165, 1.54) is 48.6 Å². The Morgan fingerprint density at radius 2 is 1.33 bits per heavy atom. The van der Waals surface area contributed by atoms with Gasteiger partial charge in [0.05, 0.1) is 30.9 Å². The van der Waals surface area contributed by atoms with Gasteiger partial charge >= 0.3 is 23.9 Å². The molecule has 0 aliphatic heterocycles. The largest absolute Gasteiger partial charge is 0.504 e. The molecule has 10 heteroatoms. The summed E-state index contributed by atoms with van der Waals surface area (Å²) in [7, 11) is 0. The fraction of sp³-hybridized carbons (Fsp3) is 0.286. The van der Waals surface area contributed by atoms with Crippen LogP contribution in [0.2, 0.25) is 0 Å². The Balaban J connectivity index is 0.00000358. The van der Waals surface area contributed by atoms with Crippen LogP contribution in [0.1, 0.15) is 86.1 Å². The lowest BCUT2D eigenvalue weighted by molar-refractivity contribution is -0.139. The van der Waals surface area contributed by atoms with Gasteiger partial charge in [0.25, 0.3) is 0 Å². The molecule has 0 aliphatic carbocycles. The standard InChI is InChI=1S/C40H40O10.C2H6/c1-4-21-47-37(42)20-10-28-9-19-36(35(41)24-28)50-39(44)29-13-16-33(17-14-29)49-40(45)32-12-11-31-26-34(18-15-30(31)25-32)46-22-7-5-6-8-23-48-38(43)27(2)3;1-2/h9-20,24-26,41H,2,4-8,21-23H2,1,3H3;1-2H3/b20-10+;. The smallest absolute Gasteiger partial charge is 0.343 e. The quantitative estimate of drug-likeness (QED) is 0.0489. The Bertz CT molecular complexity index is 1860. The number of carbonyl (C=O) groups is 4. The molecule has 0 heterocycles. The molecule has 274 valence electrons. The number of hydrogen-bond acceptors (Lipinski definition) is 10. The van der Waals surface area contributed by atoms with Crippen molar-refractivity contribution in [3.63, 3.8) is 0 Å². The third-order valence-corrected chi connectivity index (χ3v) is 7.28. The molecule has 4 aromatic carbocycles. The van der Waals surface area contributed by atoms with Gasteiger partial charge in [0, 0.05) is 11.6 Å². The Morgan fingerprint density at radius 3 is 2.02 bits per heavy atom. The summed E-state index contributed by atoms with van der Waals surface area (Å²) < 4.78 is 26.8. The summed E-state index contributed by atoms with van der Waals surface area (Å²) >= 11 is 0. The average molecular weight is 711 g/mol. The normalized spacial score (nSPS) is 10.5. The van der Waals surface area contributed by atoms with Crippen molar-refractivity contribution in [2.45, 2.75) is 59.8 Å². The van der Waals surface area contributed by atoms with E-state index in [0.29, 0.717) is 42.9 Å². The SMILES string of the molecule is C=C(C)C(=O)OCCCCCCOc1ccc2cc(C(=O)Oc3ccc(C(=O)Oc4ccc(/C=C/C(=O)OCCC)cc4O)cc3)ccc2c1.CC. The highest BCUT2D eigenvalue weighted by Crippen LogP contribution is 2.29. The van der Waals surface area contributed by atoms with Crippen molar-refractivity contribution in [1.29, 1.82) is 0 Å². The van der Waals surface area contributed by atoms with Crippen LogP contribution in [0.5, 0.6) is 23.0 Å². The number of ether oxygens (including phenoxy) is 5. The first-order valence-electron chi connectivity index (χ1n) is 17.3. The monoisotopic (exact) mass is 710 g/mol. The van der Waals surface area contributed by atoms with Crippen LogP contribution in [-0.2, 0) is 19.1 Å². The number of rotatable bonds is 17. The van der Waals surface area contributed by atoms with E-state index in [2.05, 4.69) is 6.58 Å². The predicted molar refractivity (Wildman–Crippen MR) is 200 cm³/mol. The Labute approximate surface area is 304 Å². The second-order valence-electron chi connectivity index (χ2n) is 11.4. The van der Waals surface area contributed by atoms with Crippen LogP contribution < -0.4 is 14.2 Å². The third-order valence-electron chi connectivity index (χ3n) is 7.28. The van der Waals surface area contributed by atoms with E-state index in [4.69, 9.17) is 23.7 Å². The van der Waals surface area contributed by atoms with Gasteiger partial charge in [-0.05, 0) is 122 Å². The van der Waals surface area contributed by atoms with Crippen LogP contribution in [0.4, 0.5) is 0 Å². The van der Waals surface area contributed by atoms with Crippen LogP contribution in [0.25, 0.3) is 16.8 Å². The van der Waals surface area contributed by atoms with Gasteiger partial charge in [0.15, 0.2) is 11.5 Å². The highest BCUT2D eigenvalue weighted by Gasteiger charge is 2.14. The number of esters is 4. The van der Waals surface area contributed by atoms with Crippen LogP contribution in [-0.4, -0.2) is 48.8 Å². The second-order valence-corrected chi connectivity index (χ2v) is 11.4. The fourth-order valence-electron chi connectivity index (χ4n) is 4.60. The summed E-state index contributed by atoms with van der Waals surface area (Å²) in [5, 5.41) is 12.1. The molecule has 0 amide bonds. The molecule has 0 atom stereocenters. The number of unbranched alkanes of at least 4 members (excludes halogenated alkanes) is 3. The fourth-order valence-corrected chi connectivity index (χ4v) is 4.60. The number of phenolic OH excluding ortho intramolecular Hbond substituents is 1. The van der Waals surface area contributed by atoms with E-state index >= 15 is 0 Å². The van der Waals surface area contributed by atoms with E-state index in [-0.39, 0.29) is 28.8 Å². The molecule has 0 saturated heterocycles. The average Bonchev–Trinajstić information content (AvgIpc) is 3.15. The second kappa shape index (κ2) is 21.3. The highest BCUT2D eigenvalue weighted by molar-refractivity contribution is 5.97. The zero-order chi connectivity index (χ0) is 37.9. The number of benzene rings is 4. The molecule has 4 aromatic rings. The lowest BCUT2D eigenvalue weighted by Crippen LogP contribution is -2.10. The van der Waals surface area contributed by atoms with Crippen molar-refractivity contribution in [3.8, 4) is 23.0 Å². The third kappa shape index (κ3) is 13.1. The van der Waals surface area contributed by atoms with Crippen LogP contribution in [0.3, 0.4) is 0 Å². The maximum absolute atomic E-state index is 12.9. The molecule has 10 nitrogen and oxygen atoms in total. The minimum absolute atomic E-state index is 0.0568. The van der Waals surface area contributed by atoms with Crippen LogP contribution in [0.15, 0.2) is 97.1 Å². The highest BCUT2D eigenvalue weighted by atomic mass is 16.5. The van der Waals surface area contributed by atoms with Gasteiger partial charge in [0.1, 0.15) is 11.5 Å². The molecular formula is C42H46O10. The van der Waals surface area contributed by atoms with E-state index in [9.17, 15) is 24.3 Å². The summed E-state index contributed by atoms with van der Waals surface area (Å²) in [5.41, 5.74) is 1.45. The first kappa shape index (κ1) is 40.5. The lowest BCUT2D eigenvalue weighted by Gasteiger charge is -2.09. The van der Waals surface area contributed by atoms with E-state index in [1.807, 2.05) is 45.0 Å². The van der Waals surface area contributed by atoms with Gasteiger partial charge in [-0.2, -0.15) is 0 Å². The van der Waals surface area contributed by atoms with Gasteiger partial charge in [0.2, 0.25) is 0 Å². The van der Waals surface area contributed by atoms with Gasteiger partial charge < -0.3 is 28.8 Å². The van der Waals surface area contributed by atoms with E-state index < -0.39 is 17.9 Å². The molecule has 4 rings (SSSR count). The maximum atomic E-state index is 12.9. The first-order valence-corrected chi connectivity index (χ1v) is 17.3. The number of aromatic hydroxyl groups is 1. The van der Waals surface area contributed by atoms with Crippen LogP contribution >= 0.6 is 0 Å². The molecule has 0 bridgehead atoms. The van der Waals surface area contributed by atoms with Crippen molar-refractivity contribution < 1.29 is 48.0 Å². The van der Waals surface area contributed by atoms with Gasteiger partial charge in [-0.3, -0.25) is 0 Å². The summed E-state index contributed by atoms with van der Waals surface area (Å²) in [6.45, 7) is 12.3. The first-order chi connectivity index (χ1) is 25.1. The van der Waals surface area contributed by atoms with Crippen molar-refractivity contribution in [2.24, 2.45) is 0 Å². The molecule has 1 N–H and O–H groups in total. The van der Waals surface area contributed by atoms with Crippen molar-refractivity contribution >= 4 is 40.7 Å². The Morgan fingerprint density at radius 1 is 0.692 bits per heavy atom. The van der Waals surface area contributed by atoms with Crippen molar-refractivity contribution in [3.05, 3.63) is 114 Å². The molecule has 52 heavy (non-hydrogen) atoms. The molecule has 0 aromatic heterocycles. The van der Waals surface area contributed by atoms with Gasteiger partial charge in [-0.15, -0.1) is 0 Å². The van der Waals surface area contributed by atoms with Crippen molar-refractivity contribution in [1.82, 2.24) is 0 Å². The molecular weight excluding hydrogens is 664 g/mol. The number of phenols is 1. The van der Waals surface area contributed by atoms with Crippen LogP contribution in [0, 0.1) is 0 Å². The number of carbonyl (C=O) groups excluding carboxylic acids is 4. The van der Waals surface area contributed by atoms with Gasteiger partial charge in [-0.1, -0.05) is 45.5 Å². The van der Waals surface area contributed by atoms with Crippen molar-refractivity contribution in [2.75, 3.05) is 19.8 Å². The Kier molecular flexibility index (Phi) is 16.6. The summed E-state index contributed by atoms with van der Waals surface area (Å²) in [5.74, 6) is -1.51. The molecule has 0 unspecified atom stereocenters. The molecule has 0 aliphatic rings. The number of fused-ring (bicyclic) bond motifs is 1. The lowest BCUT2D eigenvalue weighted by atomic mass is 10.1. The maximum Gasteiger partial charge on any atom is 0.343 e. The van der Waals surface area contributed by atoms with E-state index in [1.54, 1.807) is 25.1 Å². The zero-order valence-electron chi connectivity index (χ0n) is 30.1. The van der Waals surface area contributed by atoms with E-state index in [0.717, 1.165) is 42.2 Å². The van der Waals surface area contributed by atoms with Gasteiger partial charge in [-0.25, -0.2) is 19.2 Å². The molecule has 0 fully saturated rings. The topological polar surface area (TPSA) is 135 Å². The Hall–Kier alpha value is -5.90. The predicted octanol–water partition coefficient (Wildman–Crippen LogP) is 9.03. The molecule has 0 saturated carbocycles. The molecule has 0 spiro atoms. The zero-order valence-corrected chi connectivity index (χ0v) is 30.1. The minimum atomic E-state index is -0.721. The molecule has 0 radical (unpaired) electrons. The summed E-state index contributed by atoms with van der Waals surface area (Å²) in [6.07, 6.45) is 6.99. The summed E-state index contributed by atoms with van der Waals surface area (Å²) in [4.78, 5) is 48.6.